The van der Waals surface area contributed by atoms with Crippen LogP contribution >= 0.6 is 0 Å². The van der Waals surface area contributed by atoms with Gasteiger partial charge in [-0.15, -0.1) is 0 Å². The van der Waals surface area contributed by atoms with E-state index < -0.39 is 0 Å². The molecule has 0 fully saturated rings. The second-order valence-electron chi connectivity index (χ2n) is 6.55. The third kappa shape index (κ3) is 2.94. The lowest BCUT2D eigenvalue weighted by Crippen LogP contribution is -2.39. The molecule has 0 aliphatic carbocycles. The summed E-state index contributed by atoms with van der Waals surface area (Å²) >= 11 is 0. The van der Waals surface area contributed by atoms with Gasteiger partial charge in [0.05, 0.1) is 29.3 Å². The van der Waals surface area contributed by atoms with Gasteiger partial charge in [0.15, 0.2) is 0 Å². The molecule has 0 N–H and O–H groups in total. The van der Waals surface area contributed by atoms with Gasteiger partial charge in [-0.25, -0.2) is 9.97 Å². The molecule has 134 valence electrons. The molecule has 0 atom stereocenters. The first-order valence-electron chi connectivity index (χ1n) is 8.91. The van der Waals surface area contributed by atoms with Crippen LogP contribution in [0.25, 0.3) is 10.9 Å². The largest absolute Gasteiger partial charge is 0.299 e. The van der Waals surface area contributed by atoms with E-state index in [1.54, 1.807) is 27.9 Å². The van der Waals surface area contributed by atoms with Crippen LogP contribution in [0.2, 0.25) is 0 Å². The molecule has 1 aliphatic heterocycles. The fraction of sp³-hybridized carbons (Fsp3) is 0.368. The monoisotopic (exact) mass is 351 g/mol. The topological polar surface area (TPSA) is 73.0 Å². The summed E-state index contributed by atoms with van der Waals surface area (Å²) in [5.41, 5.74) is 2.46. The van der Waals surface area contributed by atoms with Crippen molar-refractivity contribution in [3.8, 4) is 0 Å². The number of hydrogen-bond donors (Lipinski definition) is 0. The molecule has 26 heavy (non-hydrogen) atoms. The predicted octanol–water partition coefficient (Wildman–Crippen LogP) is 1.03. The van der Waals surface area contributed by atoms with Crippen LogP contribution in [0, 0.1) is 0 Å². The van der Waals surface area contributed by atoms with E-state index >= 15 is 0 Å². The first-order valence-corrected chi connectivity index (χ1v) is 8.91. The Morgan fingerprint density at radius 1 is 1.00 bits per heavy atom. The highest BCUT2D eigenvalue weighted by atomic mass is 16.1. The van der Waals surface area contributed by atoms with Gasteiger partial charge in [-0.3, -0.25) is 23.6 Å². The number of aromatic nitrogens is 4. The van der Waals surface area contributed by atoms with Crippen LogP contribution in [-0.4, -0.2) is 37.1 Å². The van der Waals surface area contributed by atoms with E-state index in [-0.39, 0.29) is 11.1 Å². The Morgan fingerprint density at radius 3 is 2.65 bits per heavy atom. The molecule has 1 aromatic carbocycles. The summed E-state index contributed by atoms with van der Waals surface area (Å²) in [6.45, 7) is 5.31. The Kier molecular flexibility index (Phi) is 4.38. The highest BCUT2D eigenvalue weighted by Crippen LogP contribution is 2.13. The zero-order chi connectivity index (χ0) is 18.1. The number of aryl methyl sites for hydroxylation is 1. The smallest absolute Gasteiger partial charge is 0.261 e. The van der Waals surface area contributed by atoms with Crippen LogP contribution < -0.4 is 11.1 Å². The van der Waals surface area contributed by atoms with Crippen molar-refractivity contribution in [2.24, 2.45) is 0 Å². The fourth-order valence-electron chi connectivity index (χ4n) is 3.45. The average Bonchev–Trinajstić information content (AvgIpc) is 2.68. The van der Waals surface area contributed by atoms with Crippen LogP contribution in [0.5, 0.6) is 0 Å². The first-order chi connectivity index (χ1) is 12.7. The van der Waals surface area contributed by atoms with E-state index in [0.29, 0.717) is 31.4 Å². The molecule has 0 bridgehead atoms. The lowest BCUT2D eigenvalue weighted by atomic mass is 10.1. The zero-order valence-electron chi connectivity index (χ0n) is 14.8. The van der Waals surface area contributed by atoms with Crippen molar-refractivity contribution in [2.45, 2.75) is 33.0 Å². The van der Waals surface area contributed by atoms with Gasteiger partial charge in [-0.2, -0.15) is 0 Å². The van der Waals surface area contributed by atoms with E-state index in [1.807, 2.05) is 25.1 Å². The Hall–Kier alpha value is -2.80. The molecular weight excluding hydrogens is 330 g/mol. The summed E-state index contributed by atoms with van der Waals surface area (Å²) in [6, 6.07) is 7.38. The molecule has 0 saturated carbocycles. The van der Waals surface area contributed by atoms with Gasteiger partial charge in [-0.1, -0.05) is 12.1 Å². The average molecular weight is 351 g/mol. The van der Waals surface area contributed by atoms with Crippen molar-refractivity contribution >= 4 is 10.9 Å². The van der Waals surface area contributed by atoms with Crippen molar-refractivity contribution in [3.05, 3.63) is 68.9 Å². The third-order valence-electron chi connectivity index (χ3n) is 5.00. The Bertz CT molecular complexity index is 1070. The number of para-hydroxylation sites is 1. The van der Waals surface area contributed by atoms with Gasteiger partial charge < -0.3 is 0 Å². The maximum Gasteiger partial charge on any atom is 0.261 e. The molecule has 2 aromatic heterocycles. The van der Waals surface area contributed by atoms with Crippen molar-refractivity contribution in [1.82, 2.24) is 24.0 Å². The van der Waals surface area contributed by atoms with Crippen molar-refractivity contribution in [1.29, 1.82) is 0 Å². The van der Waals surface area contributed by atoms with Crippen LogP contribution in [0.4, 0.5) is 0 Å². The zero-order valence-corrected chi connectivity index (χ0v) is 14.8. The lowest BCUT2D eigenvalue weighted by Gasteiger charge is -2.27. The summed E-state index contributed by atoms with van der Waals surface area (Å²) < 4.78 is 3.30. The van der Waals surface area contributed by atoms with E-state index in [4.69, 9.17) is 0 Å². The molecule has 4 rings (SSSR count). The molecule has 3 aromatic rings. The number of benzene rings is 1. The minimum atomic E-state index is -0.0167. The van der Waals surface area contributed by atoms with E-state index in [1.165, 1.54) is 0 Å². The summed E-state index contributed by atoms with van der Waals surface area (Å²) in [6.07, 6.45) is 3.94. The van der Waals surface area contributed by atoms with Gasteiger partial charge in [0.2, 0.25) is 0 Å². The Balaban J connectivity index is 1.50. The van der Waals surface area contributed by atoms with Crippen LogP contribution in [0.3, 0.4) is 0 Å². The summed E-state index contributed by atoms with van der Waals surface area (Å²) in [7, 11) is 0. The van der Waals surface area contributed by atoms with E-state index in [9.17, 15) is 9.59 Å². The Morgan fingerprint density at radius 2 is 1.81 bits per heavy atom. The molecule has 0 unspecified atom stereocenters. The first kappa shape index (κ1) is 16.7. The molecule has 0 radical (unpaired) electrons. The second-order valence-corrected chi connectivity index (χ2v) is 6.55. The quantitative estimate of drug-likeness (QED) is 0.702. The maximum atomic E-state index is 12.6. The van der Waals surface area contributed by atoms with E-state index in [2.05, 4.69) is 14.9 Å². The normalized spacial score (nSPS) is 14.5. The van der Waals surface area contributed by atoms with E-state index in [0.717, 1.165) is 29.9 Å². The Labute approximate surface area is 150 Å². The van der Waals surface area contributed by atoms with Gasteiger partial charge in [0.1, 0.15) is 0 Å². The lowest BCUT2D eigenvalue weighted by molar-refractivity contribution is 0.237. The highest BCUT2D eigenvalue weighted by molar-refractivity contribution is 5.76. The fourth-order valence-corrected chi connectivity index (χ4v) is 3.45. The minimum Gasteiger partial charge on any atom is -0.299 e. The standard InChI is InChI=1S/C19H21N5O2/c1-2-23-12-21-17-11-22(8-7-15(17)18(23)25)9-10-24-13-20-16-6-4-3-5-14(16)19(24)26/h3-6,12-13H,2,7-11H2,1H3. The molecule has 7 nitrogen and oxygen atoms in total. The molecule has 0 spiro atoms. The molecular formula is C19H21N5O2. The van der Waals surface area contributed by atoms with Gasteiger partial charge in [0, 0.05) is 38.3 Å². The van der Waals surface area contributed by atoms with Crippen LogP contribution in [0.15, 0.2) is 46.5 Å². The summed E-state index contributed by atoms with van der Waals surface area (Å²) in [5.74, 6) is 0. The third-order valence-corrected chi connectivity index (χ3v) is 5.00. The number of fused-ring (bicyclic) bond motifs is 2. The molecule has 3 heterocycles. The van der Waals surface area contributed by atoms with Crippen molar-refractivity contribution < 1.29 is 0 Å². The van der Waals surface area contributed by atoms with Gasteiger partial charge in [0.25, 0.3) is 11.1 Å². The maximum absolute atomic E-state index is 12.6. The van der Waals surface area contributed by atoms with Gasteiger partial charge >= 0.3 is 0 Å². The number of hydrogen-bond acceptors (Lipinski definition) is 5. The van der Waals surface area contributed by atoms with Crippen LogP contribution in [-0.2, 0) is 26.1 Å². The molecule has 7 heteroatoms. The highest BCUT2D eigenvalue weighted by Gasteiger charge is 2.20. The number of rotatable bonds is 4. The van der Waals surface area contributed by atoms with Crippen LogP contribution in [0.1, 0.15) is 18.2 Å². The number of nitrogens with zero attached hydrogens (tertiary/aromatic N) is 5. The predicted molar refractivity (Wildman–Crippen MR) is 99.2 cm³/mol. The van der Waals surface area contributed by atoms with Crippen molar-refractivity contribution in [2.75, 3.05) is 13.1 Å². The molecule has 1 aliphatic rings. The molecule has 0 saturated heterocycles. The summed E-state index contributed by atoms with van der Waals surface area (Å²) in [5, 5.41) is 0.640. The van der Waals surface area contributed by atoms with Crippen molar-refractivity contribution in [3.63, 3.8) is 0 Å². The van der Waals surface area contributed by atoms with Gasteiger partial charge in [-0.05, 0) is 25.5 Å². The SMILES string of the molecule is CCn1cnc2c(c1=O)CCN(CCn1cnc3ccccc3c1=O)C2. The molecule has 0 amide bonds. The summed E-state index contributed by atoms with van der Waals surface area (Å²) in [4.78, 5) is 36.0. The second kappa shape index (κ2) is 6.84. The minimum absolute atomic E-state index is 0.0167.